The van der Waals surface area contributed by atoms with Gasteiger partial charge in [-0.2, -0.15) is 0 Å². The summed E-state index contributed by atoms with van der Waals surface area (Å²) in [6, 6.07) is 14.3. The second kappa shape index (κ2) is 12.8. The van der Waals surface area contributed by atoms with Gasteiger partial charge in [0.15, 0.2) is 0 Å². The van der Waals surface area contributed by atoms with Crippen molar-refractivity contribution in [3.8, 4) is 0 Å². The van der Waals surface area contributed by atoms with Crippen LogP contribution in [0.3, 0.4) is 0 Å². The molecule has 2 aromatic carbocycles. The Bertz CT molecular complexity index is 759. The molecule has 6 nitrogen and oxygen atoms in total. The number of ether oxygens (including phenoxy) is 1. The summed E-state index contributed by atoms with van der Waals surface area (Å²) in [7, 11) is 0. The number of halogens is 1. The Balaban J connectivity index is 0.00000420. The van der Waals surface area contributed by atoms with Gasteiger partial charge in [0, 0.05) is 18.7 Å². The van der Waals surface area contributed by atoms with Crippen molar-refractivity contribution < 1.29 is 19.4 Å². The highest BCUT2D eigenvalue weighted by Gasteiger charge is 2.06. The highest BCUT2D eigenvalue weighted by Crippen LogP contribution is 2.11. The van der Waals surface area contributed by atoms with Crippen LogP contribution in [-0.4, -0.2) is 48.3 Å². The Morgan fingerprint density at radius 2 is 1.48 bits per heavy atom. The Hall–Kier alpha value is -2.57. The number of hydrogen-bond donors (Lipinski definition) is 2. The SMILES string of the molecule is CCN(CC)CCc1ccc(CCOC(=O)Nc2ccc(C(=O)O)cc2)cc1.Cl. The van der Waals surface area contributed by atoms with Crippen LogP contribution in [0.4, 0.5) is 10.5 Å². The van der Waals surface area contributed by atoms with Crippen LogP contribution < -0.4 is 5.32 Å². The number of carbonyl (C=O) groups is 2. The van der Waals surface area contributed by atoms with Gasteiger partial charge in [0.25, 0.3) is 0 Å². The number of likely N-dealkylation sites (N-methyl/N-ethyl adjacent to an activating group) is 1. The Kier molecular flexibility index (Phi) is 10.8. The third-order valence-corrected chi connectivity index (χ3v) is 4.64. The molecule has 0 bridgehead atoms. The highest BCUT2D eigenvalue weighted by molar-refractivity contribution is 5.89. The van der Waals surface area contributed by atoms with Gasteiger partial charge in [0.2, 0.25) is 0 Å². The topological polar surface area (TPSA) is 78.9 Å². The molecule has 7 heteroatoms. The Morgan fingerprint density at radius 1 is 0.931 bits per heavy atom. The van der Waals surface area contributed by atoms with E-state index in [1.165, 1.54) is 29.8 Å². The molecular weight excluding hydrogens is 392 g/mol. The maximum atomic E-state index is 11.8. The summed E-state index contributed by atoms with van der Waals surface area (Å²) in [5.74, 6) is -1.01. The molecule has 0 spiro atoms. The van der Waals surface area contributed by atoms with Crippen molar-refractivity contribution in [3.05, 3.63) is 65.2 Å². The number of anilines is 1. The molecule has 0 aromatic heterocycles. The van der Waals surface area contributed by atoms with E-state index in [2.05, 4.69) is 48.3 Å². The van der Waals surface area contributed by atoms with E-state index in [1.54, 1.807) is 0 Å². The van der Waals surface area contributed by atoms with Crippen LogP contribution in [0.5, 0.6) is 0 Å². The summed E-state index contributed by atoms with van der Waals surface area (Å²) in [5, 5.41) is 11.4. The van der Waals surface area contributed by atoms with Gasteiger partial charge < -0.3 is 14.7 Å². The maximum absolute atomic E-state index is 11.8. The standard InChI is InChI=1S/C22H28N2O4.ClH/c1-3-24(4-2)15-13-17-5-7-18(8-6-17)14-16-28-22(27)23-20-11-9-19(10-12-20)21(25)26;/h5-12H,3-4,13-16H2,1-2H3,(H,23,27)(H,25,26);1H. The Labute approximate surface area is 178 Å². The van der Waals surface area contributed by atoms with E-state index >= 15 is 0 Å². The van der Waals surface area contributed by atoms with Gasteiger partial charge >= 0.3 is 12.1 Å². The molecule has 2 aromatic rings. The number of carboxylic acids is 1. The molecule has 2 rings (SSSR count). The smallest absolute Gasteiger partial charge is 0.411 e. The van der Waals surface area contributed by atoms with Crippen LogP contribution in [0.1, 0.15) is 35.3 Å². The molecule has 0 aliphatic heterocycles. The lowest BCUT2D eigenvalue weighted by Gasteiger charge is -2.17. The van der Waals surface area contributed by atoms with Crippen LogP contribution in [0.2, 0.25) is 0 Å². The number of carbonyl (C=O) groups excluding carboxylic acids is 1. The minimum atomic E-state index is -1.01. The first-order chi connectivity index (χ1) is 13.5. The summed E-state index contributed by atoms with van der Waals surface area (Å²) in [4.78, 5) is 25.0. The van der Waals surface area contributed by atoms with E-state index < -0.39 is 12.1 Å². The maximum Gasteiger partial charge on any atom is 0.411 e. The zero-order valence-corrected chi connectivity index (χ0v) is 17.7. The lowest BCUT2D eigenvalue weighted by Crippen LogP contribution is -2.25. The van der Waals surface area contributed by atoms with Crippen LogP contribution in [0, 0.1) is 0 Å². The zero-order chi connectivity index (χ0) is 20.4. The number of benzene rings is 2. The lowest BCUT2D eigenvalue weighted by molar-refractivity contribution is 0.0697. The van der Waals surface area contributed by atoms with Gasteiger partial charge in [-0.1, -0.05) is 38.1 Å². The normalized spacial score (nSPS) is 10.3. The number of nitrogens with one attached hydrogen (secondary N) is 1. The van der Waals surface area contributed by atoms with Gasteiger partial charge in [-0.05, 0) is 54.9 Å². The molecule has 0 radical (unpaired) electrons. The summed E-state index contributed by atoms with van der Waals surface area (Å²) < 4.78 is 5.19. The van der Waals surface area contributed by atoms with Gasteiger partial charge in [-0.15, -0.1) is 12.4 Å². The van der Waals surface area contributed by atoms with Gasteiger partial charge in [-0.25, -0.2) is 9.59 Å². The van der Waals surface area contributed by atoms with Gasteiger partial charge in [0.1, 0.15) is 0 Å². The summed E-state index contributed by atoms with van der Waals surface area (Å²) in [5.41, 5.74) is 3.08. The molecular formula is C22H29ClN2O4. The molecule has 0 aliphatic carbocycles. The number of hydrogen-bond acceptors (Lipinski definition) is 4. The number of amides is 1. The number of nitrogens with zero attached hydrogens (tertiary/aromatic N) is 1. The quantitative estimate of drug-likeness (QED) is 0.592. The van der Waals surface area contributed by atoms with Crippen molar-refractivity contribution in [2.45, 2.75) is 26.7 Å². The fraction of sp³-hybridized carbons (Fsp3) is 0.364. The molecule has 0 heterocycles. The molecule has 0 saturated carbocycles. The predicted molar refractivity (Wildman–Crippen MR) is 117 cm³/mol. The first-order valence-corrected chi connectivity index (χ1v) is 9.59. The van der Waals surface area contributed by atoms with Crippen molar-refractivity contribution in [3.63, 3.8) is 0 Å². The molecule has 2 N–H and O–H groups in total. The minimum absolute atomic E-state index is 0. The van der Waals surface area contributed by atoms with Gasteiger partial charge in [0.05, 0.1) is 12.2 Å². The third kappa shape index (κ3) is 8.54. The summed E-state index contributed by atoms with van der Waals surface area (Å²) >= 11 is 0. The van der Waals surface area contributed by atoms with Crippen LogP contribution >= 0.6 is 12.4 Å². The van der Waals surface area contributed by atoms with Crippen molar-refractivity contribution in [2.75, 3.05) is 31.6 Å². The molecule has 0 aliphatic rings. The van der Waals surface area contributed by atoms with Crippen molar-refractivity contribution in [1.82, 2.24) is 4.90 Å². The number of rotatable bonds is 10. The molecule has 0 fully saturated rings. The molecule has 29 heavy (non-hydrogen) atoms. The first kappa shape index (κ1) is 24.5. The minimum Gasteiger partial charge on any atom is -0.478 e. The second-order valence-electron chi connectivity index (χ2n) is 6.49. The van der Waals surface area contributed by atoms with Crippen LogP contribution in [0.25, 0.3) is 0 Å². The average Bonchev–Trinajstić information content (AvgIpc) is 2.70. The summed E-state index contributed by atoms with van der Waals surface area (Å²) in [6.07, 6.45) is 1.11. The fourth-order valence-corrected chi connectivity index (χ4v) is 2.81. The molecule has 0 atom stereocenters. The zero-order valence-electron chi connectivity index (χ0n) is 16.9. The predicted octanol–water partition coefficient (Wildman–Crippen LogP) is 4.48. The second-order valence-corrected chi connectivity index (χ2v) is 6.49. The van der Waals surface area contributed by atoms with E-state index in [0.29, 0.717) is 12.1 Å². The van der Waals surface area contributed by atoms with Crippen molar-refractivity contribution in [2.24, 2.45) is 0 Å². The van der Waals surface area contributed by atoms with E-state index in [9.17, 15) is 9.59 Å². The monoisotopic (exact) mass is 420 g/mol. The molecule has 0 saturated heterocycles. The molecule has 158 valence electrons. The van der Waals surface area contributed by atoms with Crippen molar-refractivity contribution >= 4 is 30.2 Å². The molecule has 0 unspecified atom stereocenters. The fourth-order valence-electron chi connectivity index (χ4n) is 2.81. The first-order valence-electron chi connectivity index (χ1n) is 9.59. The van der Waals surface area contributed by atoms with E-state index in [1.807, 2.05) is 0 Å². The Morgan fingerprint density at radius 3 is 2.00 bits per heavy atom. The van der Waals surface area contributed by atoms with Gasteiger partial charge in [-0.3, -0.25) is 5.32 Å². The lowest BCUT2D eigenvalue weighted by atomic mass is 10.1. The third-order valence-electron chi connectivity index (χ3n) is 4.64. The van der Waals surface area contributed by atoms with E-state index in [4.69, 9.17) is 9.84 Å². The summed E-state index contributed by atoms with van der Waals surface area (Å²) in [6.45, 7) is 7.82. The van der Waals surface area contributed by atoms with Crippen LogP contribution in [0.15, 0.2) is 48.5 Å². The van der Waals surface area contributed by atoms with E-state index in [-0.39, 0.29) is 24.6 Å². The molecule has 1 amide bonds. The average molecular weight is 421 g/mol. The number of carboxylic acid groups (broad SMARTS) is 1. The highest BCUT2D eigenvalue weighted by atomic mass is 35.5. The van der Waals surface area contributed by atoms with Crippen LogP contribution in [-0.2, 0) is 17.6 Å². The van der Waals surface area contributed by atoms with Crippen molar-refractivity contribution in [1.29, 1.82) is 0 Å². The largest absolute Gasteiger partial charge is 0.478 e. The van der Waals surface area contributed by atoms with E-state index in [0.717, 1.165) is 31.6 Å². The number of aromatic carboxylic acids is 1.